The number of hydrogen-bond acceptors (Lipinski definition) is 5. The van der Waals surface area contributed by atoms with Crippen LogP contribution in [0.3, 0.4) is 0 Å². The lowest BCUT2D eigenvalue weighted by Gasteiger charge is -2.35. The second kappa shape index (κ2) is 8.66. The fourth-order valence-electron chi connectivity index (χ4n) is 3.30. The van der Waals surface area contributed by atoms with Crippen molar-refractivity contribution in [2.75, 3.05) is 31.5 Å². The number of anilines is 1. The second-order valence-corrected chi connectivity index (χ2v) is 7.10. The first kappa shape index (κ1) is 18.9. The van der Waals surface area contributed by atoms with E-state index in [2.05, 4.69) is 29.2 Å². The highest BCUT2D eigenvalue weighted by atomic mass is 35.5. The van der Waals surface area contributed by atoms with Crippen LogP contribution < -0.4 is 10.9 Å². The molecule has 0 amide bonds. The van der Waals surface area contributed by atoms with Crippen LogP contribution in [0.25, 0.3) is 5.69 Å². The number of aromatic nitrogens is 2. The van der Waals surface area contributed by atoms with E-state index in [0.29, 0.717) is 11.4 Å². The maximum atomic E-state index is 12.4. The summed E-state index contributed by atoms with van der Waals surface area (Å²) in [5.41, 5.74) is 0.952. The van der Waals surface area contributed by atoms with E-state index in [9.17, 15) is 4.79 Å². The van der Waals surface area contributed by atoms with Crippen molar-refractivity contribution in [2.24, 2.45) is 0 Å². The Morgan fingerprint density at radius 1 is 1.23 bits per heavy atom. The van der Waals surface area contributed by atoms with Gasteiger partial charge in [0.25, 0.3) is 5.56 Å². The van der Waals surface area contributed by atoms with Crippen LogP contribution in [0, 0.1) is 0 Å². The first-order chi connectivity index (χ1) is 12.5. The normalized spacial score (nSPS) is 20.9. The molecular formula is C19H25ClN4O2. The lowest BCUT2D eigenvalue weighted by molar-refractivity contribution is -0.0678. The molecule has 2 heterocycles. The Hall–Kier alpha value is -1.89. The largest absolute Gasteiger partial charge is 0.382 e. The second-order valence-electron chi connectivity index (χ2n) is 6.72. The number of nitrogens with zero attached hydrogens (tertiary/aromatic N) is 3. The molecule has 2 aromatic rings. The summed E-state index contributed by atoms with van der Waals surface area (Å²) in [6.07, 6.45) is 3.11. The van der Waals surface area contributed by atoms with Crippen LogP contribution in [0.15, 0.2) is 41.3 Å². The summed E-state index contributed by atoms with van der Waals surface area (Å²) in [5, 5.41) is 7.62. The molecule has 140 valence electrons. The average molecular weight is 377 g/mol. The minimum atomic E-state index is -0.321. The molecular weight excluding hydrogens is 352 g/mol. The topological polar surface area (TPSA) is 59.4 Å². The first-order valence-corrected chi connectivity index (χ1v) is 9.37. The van der Waals surface area contributed by atoms with Crippen molar-refractivity contribution < 1.29 is 4.74 Å². The minimum absolute atomic E-state index is 0.164. The first-order valence-electron chi connectivity index (χ1n) is 8.99. The lowest BCUT2D eigenvalue weighted by Crippen LogP contribution is -2.45. The maximum Gasteiger partial charge on any atom is 0.292 e. The van der Waals surface area contributed by atoms with Crippen molar-refractivity contribution in [2.45, 2.75) is 32.5 Å². The molecule has 1 aromatic heterocycles. The van der Waals surface area contributed by atoms with Gasteiger partial charge in [-0.1, -0.05) is 29.8 Å². The lowest BCUT2D eigenvalue weighted by atomic mass is 10.2. The molecule has 0 saturated carbocycles. The van der Waals surface area contributed by atoms with Crippen LogP contribution in [0.5, 0.6) is 0 Å². The number of benzene rings is 1. The zero-order valence-electron chi connectivity index (χ0n) is 15.2. The van der Waals surface area contributed by atoms with Crippen molar-refractivity contribution in [3.8, 4) is 5.69 Å². The van der Waals surface area contributed by atoms with Gasteiger partial charge in [-0.3, -0.25) is 9.69 Å². The number of hydrogen-bond donors (Lipinski definition) is 1. The van der Waals surface area contributed by atoms with Gasteiger partial charge in [-0.15, -0.1) is 0 Å². The Balaban J connectivity index is 1.56. The van der Waals surface area contributed by atoms with Gasteiger partial charge in [0.15, 0.2) is 0 Å². The molecule has 0 radical (unpaired) electrons. The Morgan fingerprint density at radius 3 is 2.62 bits per heavy atom. The molecule has 1 aliphatic rings. The predicted octanol–water partition coefficient (Wildman–Crippen LogP) is 2.80. The summed E-state index contributed by atoms with van der Waals surface area (Å²) in [5.74, 6) is 0. The minimum Gasteiger partial charge on any atom is -0.382 e. The Kier molecular flexibility index (Phi) is 6.29. The average Bonchev–Trinajstić information content (AvgIpc) is 2.62. The molecule has 1 N–H and O–H groups in total. The zero-order chi connectivity index (χ0) is 18.5. The third kappa shape index (κ3) is 4.63. The molecule has 7 heteroatoms. The van der Waals surface area contributed by atoms with Crippen molar-refractivity contribution in [1.29, 1.82) is 0 Å². The highest BCUT2D eigenvalue weighted by molar-refractivity contribution is 6.32. The zero-order valence-corrected chi connectivity index (χ0v) is 15.9. The SMILES string of the molecule is C[C@@H]1CN(CCCNc2cnn(-c3ccccc3)c(=O)c2Cl)C[C@H](C)O1. The monoisotopic (exact) mass is 376 g/mol. The summed E-state index contributed by atoms with van der Waals surface area (Å²) in [6.45, 7) is 7.84. The van der Waals surface area contributed by atoms with E-state index < -0.39 is 0 Å². The van der Waals surface area contributed by atoms with E-state index >= 15 is 0 Å². The summed E-state index contributed by atoms with van der Waals surface area (Å²) in [6, 6.07) is 9.25. The molecule has 1 aromatic carbocycles. The van der Waals surface area contributed by atoms with Gasteiger partial charge >= 0.3 is 0 Å². The summed E-state index contributed by atoms with van der Waals surface area (Å²) in [7, 11) is 0. The van der Waals surface area contributed by atoms with Crippen LogP contribution in [-0.2, 0) is 4.74 Å². The van der Waals surface area contributed by atoms with E-state index in [0.717, 1.165) is 32.6 Å². The van der Waals surface area contributed by atoms with E-state index in [4.69, 9.17) is 16.3 Å². The summed E-state index contributed by atoms with van der Waals surface area (Å²) in [4.78, 5) is 14.9. The summed E-state index contributed by atoms with van der Waals surface area (Å²) >= 11 is 6.25. The fourth-order valence-corrected chi connectivity index (χ4v) is 3.50. The quantitative estimate of drug-likeness (QED) is 0.785. The van der Waals surface area contributed by atoms with Crippen LogP contribution in [0.4, 0.5) is 5.69 Å². The Bertz CT molecular complexity index is 771. The van der Waals surface area contributed by atoms with Gasteiger partial charge in [0.1, 0.15) is 5.02 Å². The molecule has 0 spiro atoms. The smallest absolute Gasteiger partial charge is 0.292 e. The number of halogens is 1. The molecule has 26 heavy (non-hydrogen) atoms. The van der Waals surface area contributed by atoms with Gasteiger partial charge in [0, 0.05) is 26.2 Å². The molecule has 0 aliphatic carbocycles. The Morgan fingerprint density at radius 2 is 1.92 bits per heavy atom. The van der Waals surface area contributed by atoms with Crippen LogP contribution >= 0.6 is 11.6 Å². The third-order valence-corrected chi connectivity index (χ3v) is 4.75. The highest BCUT2D eigenvalue weighted by Crippen LogP contribution is 2.17. The van der Waals surface area contributed by atoms with Crippen molar-refractivity contribution >= 4 is 17.3 Å². The number of rotatable bonds is 6. The van der Waals surface area contributed by atoms with Gasteiger partial charge in [0.2, 0.25) is 0 Å². The number of nitrogens with one attached hydrogen (secondary N) is 1. The molecule has 6 nitrogen and oxygen atoms in total. The van der Waals surface area contributed by atoms with Crippen molar-refractivity contribution in [3.63, 3.8) is 0 Å². The van der Waals surface area contributed by atoms with Gasteiger partial charge in [-0.25, -0.2) is 0 Å². The molecule has 1 saturated heterocycles. The maximum absolute atomic E-state index is 12.4. The molecule has 3 rings (SSSR count). The van der Waals surface area contributed by atoms with Gasteiger partial charge < -0.3 is 10.1 Å². The Labute approximate surface area is 158 Å². The predicted molar refractivity (Wildman–Crippen MR) is 104 cm³/mol. The summed E-state index contributed by atoms with van der Waals surface area (Å²) < 4.78 is 7.06. The van der Waals surface area contributed by atoms with Gasteiger partial charge in [0.05, 0.1) is 29.8 Å². The molecule has 0 bridgehead atoms. The van der Waals surface area contributed by atoms with Crippen LogP contribution in [-0.4, -0.2) is 53.1 Å². The molecule has 0 unspecified atom stereocenters. The molecule has 1 fully saturated rings. The molecule has 2 atom stereocenters. The molecule has 1 aliphatic heterocycles. The number of morpholine rings is 1. The third-order valence-electron chi connectivity index (χ3n) is 4.38. The number of para-hydroxylation sites is 1. The number of ether oxygens (including phenoxy) is 1. The van der Waals surface area contributed by atoms with E-state index in [1.165, 1.54) is 4.68 Å². The van der Waals surface area contributed by atoms with Crippen LogP contribution in [0.2, 0.25) is 5.02 Å². The highest BCUT2D eigenvalue weighted by Gasteiger charge is 2.21. The van der Waals surface area contributed by atoms with Crippen molar-refractivity contribution in [3.05, 3.63) is 51.9 Å². The standard InChI is InChI=1S/C19H25ClN4O2/c1-14-12-23(13-15(2)26-14)10-6-9-21-17-11-22-24(19(25)18(17)20)16-7-4-3-5-8-16/h3-5,7-8,11,14-15,21H,6,9-10,12-13H2,1-2H3/t14-,15+. The van der Waals surface area contributed by atoms with E-state index in [1.54, 1.807) is 6.20 Å². The van der Waals surface area contributed by atoms with Crippen LogP contribution in [0.1, 0.15) is 20.3 Å². The van der Waals surface area contributed by atoms with Crippen molar-refractivity contribution in [1.82, 2.24) is 14.7 Å². The van der Waals surface area contributed by atoms with E-state index in [-0.39, 0.29) is 22.8 Å². The van der Waals surface area contributed by atoms with Gasteiger partial charge in [-0.05, 0) is 32.4 Å². The van der Waals surface area contributed by atoms with E-state index in [1.807, 2.05) is 30.3 Å². The fraction of sp³-hybridized carbons (Fsp3) is 0.474. The van der Waals surface area contributed by atoms with Gasteiger partial charge in [-0.2, -0.15) is 9.78 Å².